The molecule has 9 nitrogen and oxygen atoms in total. The van der Waals surface area contributed by atoms with Crippen LogP contribution in [0.5, 0.6) is 5.75 Å². The average Bonchev–Trinajstić information content (AvgIpc) is 3.53. The molecular formula is C21H29N5O4S. The normalized spacial score (nSPS) is 18.4. The fourth-order valence-electron chi connectivity index (χ4n) is 3.45. The van der Waals surface area contributed by atoms with Gasteiger partial charge in [-0.15, -0.1) is 12.3 Å². The van der Waals surface area contributed by atoms with Gasteiger partial charge < -0.3 is 15.0 Å². The van der Waals surface area contributed by atoms with Gasteiger partial charge in [0.2, 0.25) is 10.0 Å². The number of carbonyl (C=O) groups is 1. The van der Waals surface area contributed by atoms with Crippen LogP contribution in [0.25, 0.3) is 0 Å². The minimum absolute atomic E-state index is 0.0864. The van der Waals surface area contributed by atoms with Crippen molar-refractivity contribution in [2.45, 2.75) is 36.7 Å². The van der Waals surface area contributed by atoms with Crippen LogP contribution in [0, 0.1) is 12.3 Å². The van der Waals surface area contributed by atoms with Crippen molar-refractivity contribution in [1.29, 1.82) is 0 Å². The van der Waals surface area contributed by atoms with E-state index in [1.54, 1.807) is 6.07 Å². The summed E-state index contributed by atoms with van der Waals surface area (Å²) < 4.78 is 33.2. The van der Waals surface area contributed by atoms with Crippen molar-refractivity contribution in [3.05, 3.63) is 23.8 Å². The minimum Gasteiger partial charge on any atom is -0.493 e. The van der Waals surface area contributed by atoms with Gasteiger partial charge in [0.15, 0.2) is 5.66 Å². The van der Waals surface area contributed by atoms with Crippen LogP contribution < -0.4 is 10.1 Å². The number of hydrogen-bond donors (Lipinski definition) is 1. The summed E-state index contributed by atoms with van der Waals surface area (Å²) in [5, 5.41) is 10.9. The Kier molecular flexibility index (Phi) is 7.30. The van der Waals surface area contributed by atoms with E-state index in [1.807, 2.05) is 14.0 Å². The summed E-state index contributed by atoms with van der Waals surface area (Å²) in [6.07, 6.45) is 7.07. The van der Waals surface area contributed by atoms with Crippen LogP contribution in [0.15, 0.2) is 33.3 Å². The lowest BCUT2D eigenvalue weighted by Gasteiger charge is -2.31. The summed E-state index contributed by atoms with van der Waals surface area (Å²) in [6.45, 7) is 4.68. The zero-order chi connectivity index (χ0) is 22.5. The lowest BCUT2D eigenvalue weighted by Crippen LogP contribution is -2.47. The van der Waals surface area contributed by atoms with Gasteiger partial charge >= 0.3 is 0 Å². The van der Waals surface area contributed by atoms with E-state index in [0.717, 1.165) is 0 Å². The summed E-state index contributed by atoms with van der Waals surface area (Å²) in [4.78, 5) is 15.0. The minimum atomic E-state index is -3.69. The van der Waals surface area contributed by atoms with Crippen molar-refractivity contribution in [2.24, 2.45) is 10.2 Å². The summed E-state index contributed by atoms with van der Waals surface area (Å²) in [5.41, 5.74) is -0.297. The molecule has 2 aliphatic rings. The summed E-state index contributed by atoms with van der Waals surface area (Å²) >= 11 is 0. The molecule has 0 aliphatic carbocycles. The van der Waals surface area contributed by atoms with Gasteiger partial charge in [-0.1, -0.05) is 0 Å². The van der Waals surface area contributed by atoms with Crippen molar-refractivity contribution < 1.29 is 17.9 Å². The largest absolute Gasteiger partial charge is 0.493 e. The van der Waals surface area contributed by atoms with Crippen LogP contribution in [0.3, 0.4) is 0 Å². The van der Waals surface area contributed by atoms with Gasteiger partial charge in [-0.3, -0.25) is 4.79 Å². The molecule has 0 bridgehead atoms. The van der Waals surface area contributed by atoms with Crippen molar-refractivity contribution in [1.82, 2.24) is 14.5 Å². The fourth-order valence-corrected chi connectivity index (χ4v) is 4.89. The highest BCUT2D eigenvalue weighted by molar-refractivity contribution is 7.89. The number of nitrogens with one attached hydrogen (secondary N) is 1. The number of amides is 1. The van der Waals surface area contributed by atoms with E-state index in [9.17, 15) is 13.2 Å². The molecule has 1 N–H and O–H groups in total. The first-order valence-electron chi connectivity index (χ1n) is 10.4. The second kappa shape index (κ2) is 9.77. The molecule has 0 radical (unpaired) electrons. The first-order valence-corrected chi connectivity index (χ1v) is 11.9. The Labute approximate surface area is 183 Å². The standard InChI is InChI=1S/C21H29N5O4S/c1-4-6-9-21(23-24-21)10-11-22-20(27)18-16-17(7-8-19(18)30-5-2)31(28,29)26-14-12-25(3)13-15-26/h1,7-8,16H,5-6,9-15H2,2-3H3,(H,22,27). The van der Waals surface area contributed by atoms with Crippen LogP contribution in [0.4, 0.5) is 0 Å². The molecule has 1 fully saturated rings. The number of piperazine rings is 1. The molecular weight excluding hydrogens is 418 g/mol. The Morgan fingerprint density at radius 1 is 1.26 bits per heavy atom. The lowest BCUT2D eigenvalue weighted by atomic mass is 10.0. The van der Waals surface area contributed by atoms with E-state index in [4.69, 9.17) is 11.2 Å². The number of terminal acetylenes is 1. The zero-order valence-electron chi connectivity index (χ0n) is 18.0. The van der Waals surface area contributed by atoms with E-state index >= 15 is 0 Å². The molecule has 1 aromatic carbocycles. The van der Waals surface area contributed by atoms with Gasteiger partial charge in [-0.05, 0) is 32.2 Å². The molecule has 0 aromatic heterocycles. The van der Waals surface area contributed by atoms with Gasteiger partial charge in [-0.2, -0.15) is 14.5 Å². The van der Waals surface area contributed by atoms with Gasteiger partial charge in [-0.25, -0.2) is 8.42 Å². The molecule has 1 amide bonds. The second-order valence-corrected chi connectivity index (χ2v) is 9.63. The van der Waals surface area contributed by atoms with Gasteiger partial charge in [0.1, 0.15) is 5.75 Å². The van der Waals surface area contributed by atoms with Gasteiger partial charge in [0.25, 0.3) is 5.91 Å². The van der Waals surface area contributed by atoms with E-state index < -0.39 is 21.6 Å². The molecule has 1 aromatic rings. The number of nitrogens with zero attached hydrogens (tertiary/aromatic N) is 4. The molecule has 2 heterocycles. The van der Waals surface area contributed by atoms with Crippen LogP contribution in [-0.4, -0.2) is 75.6 Å². The Bertz CT molecular complexity index is 972. The molecule has 10 heteroatoms. The van der Waals surface area contributed by atoms with E-state index in [1.165, 1.54) is 16.4 Å². The molecule has 1 saturated heterocycles. The third-order valence-corrected chi connectivity index (χ3v) is 7.35. The molecule has 0 unspecified atom stereocenters. The molecule has 0 atom stereocenters. The third kappa shape index (κ3) is 5.61. The maximum Gasteiger partial charge on any atom is 0.255 e. The summed E-state index contributed by atoms with van der Waals surface area (Å²) in [6, 6.07) is 4.43. The SMILES string of the molecule is C#CCCC1(CCNC(=O)c2cc(S(=O)(=O)N3CCN(C)CC3)ccc2OCC)N=N1. The van der Waals surface area contributed by atoms with Crippen molar-refractivity contribution in [3.63, 3.8) is 0 Å². The molecule has 0 saturated carbocycles. The quantitative estimate of drug-likeness (QED) is 0.550. The monoisotopic (exact) mass is 447 g/mol. The van der Waals surface area contributed by atoms with Crippen LogP contribution in [0.2, 0.25) is 0 Å². The molecule has 0 spiro atoms. The first kappa shape index (κ1) is 23.2. The number of hydrogen-bond acceptors (Lipinski definition) is 7. The number of likely N-dealkylation sites (N-methyl/N-ethyl adjacent to an activating group) is 1. The number of carbonyl (C=O) groups excluding carboxylic acids is 1. The highest BCUT2D eigenvalue weighted by atomic mass is 32.2. The summed E-state index contributed by atoms with van der Waals surface area (Å²) in [7, 11) is -1.73. The lowest BCUT2D eigenvalue weighted by molar-refractivity contribution is 0.0948. The van der Waals surface area contributed by atoms with Crippen molar-refractivity contribution in [2.75, 3.05) is 46.4 Å². The molecule has 2 aliphatic heterocycles. The van der Waals surface area contributed by atoms with Crippen LogP contribution in [-0.2, 0) is 10.0 Å². The summed E-state index contributed by atoms with van der Waals surface area (Å²) in [5.74, 6) is 2.52. The smallest absolute Gasteiger partial charge is 0.255 e. The predicted molar refractivity (Wildman–Crippen MR) is 116 cm³/mol. The second-order valence-electron chi connectivity index (χ2n) is 7.69. The van der Waals surface area contributed by atoms with E-state index in [2.05, 4.69) is 26.4 Å². The van der Waals surface area contributed by atoms with E-state index in [-0.39, 0.29) is 10.5 Å². The Morgan fingerprint density at radius 2 is 1.97 bits per heavy atom. The van der Waals surface area contributed by atoms with E-state index in [0.29, 0.717) is 64.3 Å². The number of ether oxygens (including phenoxy) is 1. The van der Waals surface area contributed by atoms with Crippen molar-refractivity contribution >= 4 is 15.9 Å². The Morgan fingerprint density at radius 3 is 2.58 bits per heavy atom. The average molecular weight is 448 g/mol. The van der Waals surface area contributed by atoms with Crippen LogP contribution >= 0.6 is 0 Å². The maximum atomic E-state index is 13.1. The van der Waals surface area contributed by atoms with Gasteiger partial charge in [0.05, 0.1) is 17.1 Å². The number of rotatable bonds is 10. The highest BCUT2D eigenvalue weighted by Gasteiger charge is 2.38. The third-order valence-electron chi connectivity index (χ3n) is 5.46. The maximum absolute atomic E-state index is 13.1. The van der Waals surface area contributed by atoms with Crippen LogP contribution in [0.1, 0.15) is 36.5 Å². The topological polar surface area (TPSA) is 104 Å². The predicted octanol–water partition coefficient (Wildman–Crippen LogP) is 1.72. The number of sulfonamides is 1. The molecule has 3 rings (SSSR count). The van der Waals surface area contributed by atoms with Crippen molar-refractivity contribution in [3.8, 4) is 18.1 Å². The molecule has 168 valence electrons. The molecule has 31 heavy (non-hydrogen) atoms. The Balaban J connectivity index is 1.72. The first-order chi connectivity index (χ1) is 14.8. The number of benzene rings is 1. The fraction of sp³-hybridized carbons (Fsp3) is 0.571. The Hall–Kier alpha value is -2.48. The highest BCUT2D eigenvalue weighted by Crippen LogP contribution is 2.36. The van der Waals surface area contributed by atoms with Gasteiger partial charge in [0, 0.05) is 52.0 Å². The zero-order valence-corrected chi connectivity index (χ0v) is 18.8.